The SMILES string of the molecule is CN1C2=C(C(=O)CC(C)(C)C2)C(c2ccc(O[C@@H]3OC(CO)[C@@H](O)C(O)[C@@H]3O)cc2)C2=C1CC(C)(C)CC2=O. The maximum absolute atomic E-state index is 13.6. The van der Waals surface area contributed by atoms with E-state index in [1.54, 1.807) is 12.1 Å². The van der Waals surface area contributed by atoms with E-state index in [-0.39, 0.29) is 22.4 Å². The highest BCUT2D eigenvalue weighted by Gasteiger charge is 2.48. The summed E-state index contributed by atoms with van der Waals surface area (Å²) in [7, 11) is 1.97. The summed E-state index contributed by atoms with van der Waals surface area (Å²) < 4.78 is 11.2. The van der Waals surface area contributed by atoms with Crippen molar-refractivity contribution in [3.8, 4) is 5.75 Å². The largest absolute Gasteiger partial charge is 0.462 e. The lowest BCUT2D eigenvalue weighted by Gasteiger charge is -2.47. The lowest BCUT2D eigenvalue weighted by Crippen LogP contribution is -2.60. The molecule has 1 saturated heterocycles. The number of hydrogen-bond acceptors (Lipinski definition) is 9. The maximum Gasteiger partial charge on any atom is 0.229 e. The van der Waals surface area contributed by atoms with Gasteiger partial charge in [0.15, 0.2) is 11.6 Å². The molecule has 1 aromatic rings. The summed E-state index contributed by atoms with van der Waals surface area (Å²) in [5.41, 5.74) is 3.77. The van der Waals surface area contributed by atoms with E-state index in [2.05, 4.69) is 32.6 Å². The monoisotopic (exact) mass is 541 g/mol. The Hall–Kier alpha value is -2.56. The van der Waals surface area contributed by atoms with Crippen LogP contribution < -0.4 is 4.74 Å². The predicted molar refractivity (Wildman–Crippen MR) is 141 cm³/mol. The summed E-state index contributed by atoms with van der Waals surface area (Å²) in [6.07, 6.45) is -4.61. The first-order valence-electron chi connectivity index (χ1n) is 13.6. The number of nitrogens with zero attached hydrogens (tertiary/aromatic N) is 1. The molecule has 1 aromatic carbocycles. The van der Waals surface area contributed by atoms with Crippen LogP contribution in [0.4, 0.5) is 0 Å². The van der Waals surface area contributed by atoms with Crippen LogP contribution in [0.5, 0.6) is 5.75 Å². The minimum Gasteiger partial charge on any atom is -0.462 e. The Morgan fingerprint density at radius 3 is 1.85 bits per heavy atom. The summed E-state index contributed by atoms with van der Waals surface area (Å²) in [5.74, 6) is -0.0285. The Labute approximate surface area is 228 Å². The molecule has 0 saturated carbocycles. The van der Waals surface area contributed by atoms with E-state index in [0.717, 1.165) is 29.8 Å². The molecule has 0 spiro atoms. The highest BCUT2D eigenvalue weighted by Crippen LogP contribution is 2.54. The molecular formula is C30H39NO8. The average molecular weight is 542 g/mol. The molecule has 4 N–H and O–H groups in total. The van der Waals surface area contributed by atoms with E-state index >= 15 is 0 Å². The first-order valence-corrected chi connectivity index (χ1v) is 13.6. The first-order chi connectivity index (χ1) is 18.2. The van der Waals surface area contributed by atoms with Crippen molar-refractivity contribution >= 4 is 11.6 Å². The summed E-state index contributed by atoms with van der Waals surface area (Å²) in [4.78, 5) is 29.3. The van der Waals surface area contributed by atoms with Crippen LogP contribution >= 0.6 is 0 Å². The van der Waals surface area contributed by atoms with Crippen molar-refractivity contribution in [2.45, 2.75) is 90.0 Å². The summed E-state index contributed by atoms with van der Waals surface area (Å²) in [6, 6.07) is 6.96. The third-order valence-electron chi connectivity index (χ3n) is 8.49. The molecule has 39 heavy (non-hydrogen) atoms. The molecule has 2 heterocycles. The number of aliphatic hydroxyl groups is 4. The molecule has 1 fully saturated rings. The average Bonchev–Trinajstić information content (AvgIpc) is 2.85. The van der Waals surface area contributed by atoms with Crippen molar-refractivity contribution in [1.82, 2.24) is 4.90 Å². The van der Waals surface area contributed by atoms with Crippen LogP contribution in [-0.2, 0) is 14.3 Å². The molecule has 0 aromatic heterocycles. The van der Waals surface area contributed by atoms with E-state index in [1.807, 2.05) is 19.2 Å². The predicted octanol–water partition coefficient (Wildman–Crippen LogP) is 2.18. The van der Waals surface area contributed by atoms with Crippen LogP contribution in [0.25, 0.3) is 0 Å². The number of carbonyl (C=O) groups excluding carboxylic acids is 2. The zero-order chi connectivity index (χ0) is 28.4. The molecular weight excluding hydrogens is 502 g/mol. The number of aliphatic hydroxyl groups excluding tert-OH is 4. The Morgan fingerprint density at radius 2 is 1.36 bits per heavy atom. The van der Waals surface area contributed by atoms with Gasteiger partial charge < -0.3 is 34.8 Å². The van der Waals surface area contributed by atoms with Gasteiger partial charge in [0.25, 0.3) is 0 Å². The van der Waals surface area contributed by atoms with Crippen LogP contribution in [-0.4, -0.2) is 81.3 Å². The normalized spacial score (nSPS) is 32.7. The number of benzene rings is 1. The highest BCUT2D eigenvalue weighted by molar-refractivity contribution is 6.06. The van der Waals surface area contributed by atoms with Crippen molar-refractivity contribution in [1.29, 1.82) is 0 Å². The van der Waals surface area contributed by atoms with Crippen molar-refractivity contribution in [2.24, 2.45) is 10.8 Å². The number of rotatable bonds is 4. The molecule has 0 bridgehead atoms. The third kappa shape index (κ3) is 4.95. The van der Waals surface area contributed by atoms with Crippen molar-refractivity contribution < 1.29 is 39.5 Å². The van der Waals surface area contributed by atoms with E-state index in [4.69, 9.17) is 9.47 Å². The van der Waals surface area contributed by atoms with Crippen LogP contribution in [0.1, 0.15) is 64.9 Å². The number of ketones is 2. The number of carbonyl (C=O) groups is 2. The minimum absolute atomic E-state index is 0.0592. The van der Waals surface area contributed by atoms with Gasteiger partial charge in [-0.05, 0) is 41.4 Å². The van der Waals surface area contributed by atoms with Gasteiger partial charge in [0.05, 0.1) is 6.61 Å². The standard InChI is InChI=1S/C30H39NO8/c1-29(2)10-17-23(19(33)12-29)22(24-18(31(17)5)11-30(3,4)13-20(24)34)15-6-8-16(9-7-15)38-28-27(37)26(36)25(35)21(14-32)39-28/h6-9,21-22,25-28,32,35-37H,10-14H2,1-5H3/t21?,25-,26?,27+,28-/m1/s1. The molecule has 2 unspecified atom stereocenters. The minimum atomic E-state index is -1.54. The molecule has 9 nitrogen and oxygen atoms in total. The molecule has 9 heteroatoms. The molecule has 5 rings (SSSR count). The van der Waals surface area contributed by atoms with Crippen molar-refractivity contribution in [3.05, 3.63) is 52.4 Å². The lowest BCUT2D eigenvalue weighted by atomic mass is 9.64. The Balaban J connectivity index is 1.51. The summed E-state index contributed by atoms with van der Waals surface area (Å²) >= 11 is 0. The molecule has 2 aliphatic heterocycles. The van der Waals surface area contributed by atoms with Gasteiger partial charge in [-0.3, -0.25) is 9.59 Å². The van der Waals surface area contributed by atoms with E-state index in [9.17, 15) is 30.0 Å². The Bertz CT molecular complexity index is 1170. The number of Topliss-reactive ketones (excluding diaryl/α,β-unsaturated/α-hetero) is 2. The fraction of sp³-hybridized carbons (Fsp3) is 0.600. The Kier molecular flexibility index (Phi) is 7.04. The van der Waals surface area contributed by atoms with Crippen LogP contribution in [0, 0.1) is 10.8 Å². The van der Waals surface area contributed by atoms with Gasteiger partial charge in [-0.15, -0.1) is 0 Å². The molecule has 0 amide bonds. The fourth-order valence-electron chi connectivity index (χ4n) is 6.54. The van der Waals surface area contributed by atoms with Gasteiger partial charge in [0.2, 0.25) is 6.29 Å². The van der Waals surface area contributed by atoms with Crippen LogP contribution in [0.15, 0.2) is 46.8 Å². The molecule has 212 valence electrons. The van der Waals surface area contributed by atoms with E-state index < -0.39 is 43.2 Å². The topological polar surface area (TPSA) is 137 Å². The smallest absolute Gasteiger partial charge is 0.229 e. The maximum atomic E-state index is 13.6. The molecule has 2 aliphatic carbocycles. The Morgan fingerprint density at radius 1 is 0.846 bits per heavy atom. The second kappa shape index (κ2) is 9.82. The van der Waals surface area contributed by atoms with Gasteiger partial charge in [-0.2, -0.15) is 0 Å². The third-order valence-corrected chi connectivity index (χ3v) is 8.49. The highest BCUT2D eigenvalue weighted by atomic mass is 16.7. The second-order valence-corrected chi connectivity index (χ2v) is 13.0. The summed E-state index contributed by atoms with van der Waals surface area (Å²) in [5, 5.41) is 39.9. The zero-order valence-corrected chi connectivity index (χ0v) is 23.2. The van der Waals surface area contributed by atoms with Crippen LogP contribution in [0.2, 0.25) is 0 Å². The number of allylic oxidation sites excluding steroid dienone is 4. The van der Waals surface area contributed by atoms with E-state index in [1.165, 1.54) is 0 Å². The number of hydrogen-bond donors (Lipinski definition) is 4. The lowest BCUT2D eigenvalue weighted by molar-refractivity contribution is -0.277. The van der Waals surface area contributed by atoms with Crippen molar-refractivity contribution in [3.63, 3.8) is 0 Å². The fourth-order valence-corrected chi connectivity index (χ4v) is 6.54. The summed E-state index contributed by atoms with van der Waals surface area (Å²) in [6.45, 7) is 7.85. The first kappa shape index (κ1) is 28.0. The van der Waals surface area contributed by atoms with Gasteiger partial charge >= 0.3 is 0 Å². The van der Waals surface area contributed by atoms with Gasteiger partial charge in [0, 0.05) is 48.3 Å². The zero-order valence-electron chi connectivity index (χ0n) is 23.2. The van der Waals surface area contributed by atoms with Gasteiger partial charge in [-0.1, -0.05) is 39.8 Å². The van der Waals surface area contributed by atoms with Crippen molar-refractivity contribution in [2.75, 3.05) is 13.7 Å². The van der Waals surface area contributed by atoms with Crippen LogP contribution in [0.3, 0.4) is 0 Å². The van der Waals surface area contributed by atoms with Gasteiger partial charge in [0.1, 0.15) is 30.2 Å². The van der Waals surface area contributed by atoms with Gasteiger partial charge in [-0.25, -0.2) is 0 Å². The molecule has 5 atom stereocenters. The quantitative estimate of drug-likeness (QED) is 0.452. The van der Waals surface area contributed by atoms with E-state index in [0.29, 0.717) is 29.7 Å². The molecule has 4 aliphatic rings. The second-order valence-electron chi connectivity index (χ2n) is 13.0. The number of ether oxygens (including phenoxy) is 2. The molecule has 0 radical (unpaired) electrons.